The topological polar surface area (TPSA) is 29.1 Å². The fraction of sp³-hybridized carbons (Fsp3) is 0.235. The Bertz CT molecular complexity index is 581. The van der Waals surface area contributed by atoms with Crippen LogP contribution in [-0.4, -0.2) is 5.78 Å². The Labute approximate surface area is 134 Å². The van der Waals surface area contributed by atoms with E-state index in [-0.39, 0.29) is 17.9 Å². The maximum Gasteiger partial charge on any atom is 0.136 e. The molecule has 0 spiro atoms. The first-order valence-corrected chi connectivity index (χ1v) is 7.66. The van der Waals surface area contributed by atoms with Crippen LogP contribution in [0.3, 0.4) is 0 Å². The molecule has 0 bridgehead atoms. The number of Topliss-reactive ketones (excluding diaryl/α,β-unsaturated/α-hetero) is 1. The minimum absolute atomic E-state index is 0.0317. The van der Waals surface area contributed by atoms with Crippen LogP contribution >= 0.6 is 23.2 Å². The highest BCUT2D eigenvalue weighted by molar-refractivity contribution is 6.30. The molecule has 1 saturated heterocycles. The molecule has 2 aromatic carbocycles. The maximum atomic E-state index is 12.1. The van der Waals surface area contributed by atoms with E-state index in [9.17, 15) is 4.79 Å². The zero-order valence-corrected chi connectivity index (χ0v) is 12.9. The van der Waals surface area contributed by atoms with Gasteiger partial charge in [-0.3, -0.25) is 4.79 Å². The van der Waals surface area contributed by atoms with Gasteiger partial charge in [0.1, 0.15) is 5.78 Å². The van der Waals surface area contributed by atoms with Gasteiger partial charge in [-0.1, -0.05) is 47.5 Å². The highest BCUT2D eigenvalue weighted by Gasteiger charge is 2.28. The number of benzene rings is 2. The number of piperidine rings is 1. The molecule has 0 amide bonds. The Morgan fingerprint density at radius 3 is 1.52 bits per heavy atom. The smallest absolute Gasteiger partial charge is 0.136 e. The molecule has 3 rings (SSSR count). The van der Waals surface area contributed by atoms with Crippen LogP contribution in [0.15, 0.2) is 48.5 Å². The molecule has 21 heavy (non-hydrogen) atoms. The summed E-state index contributed by atoms with van der Waals surface area (Å²) in [6.07, 6.45) is 1.04. The average molecular weight is 320 g/mol. The Hall–Kier alpha value is -1.35. The van der Waals surface area contributed by atoms with Gasteiger partial charge in [0.15, 0.2) is 0 Å². The Morgan fingerprint density at radius 2 is 1.14 bits per heavy atom. The number of hydrogen-bond donors (Lipinski definition) is 1. The molecule has 1 fully saturated rings. The zero-order valence-electron chi connectivity index (χ0n) is 11.4. The number of carbonyl (C=O) groups is 1. The summed E-state index contributed by atoms with van der Waals surface area (Å²) in [5.41, 5.74) is 2.18. The van der Waals surface area contributed by atoms with E-state index in [1.165, 1.54) is 0 Å². The SMILES string of the molecule is O=C1C[C@@H](c2ccc(Cl)cc2)N[C@H](c2ccc(Cl)cc2)C1. The fourth-order valence-corrected chi connectivity index (χ4v) is 2.97. The third-order valence-electron chi connectivity index (χ3n) is 3.81. The van der Waals surface area contributed by atoms with E-state index in [2.05, 4.69) is 5.32 Å². The summed E-state index contributed by atoms with van der Waals surface area (Å²) in [6.45, 7) is 0. The molecule has 2 aromatic rings. The molecule has 0 radical (unpaired) electrons. The van der Waals surface area contributed by atoms with Crippen molar-refractivity contribution >= 4 is 29.0 Å². The van der Waals surface area contributed by atoms with E-state index in [4.69, 9.17) is 23.2 Å². The van der Waals surface area contributed by atoms with Gasteiger partial charge >= 0.3 is 0 Å². The molecule has 1 N–H and O–H groups in total. The normalized spacial score (nSPS) is 22.3. The third kappa shape index (κ3) is 3.46. The quantitative estimate of drug-likeness (QED) is 0.867. The summed E-state index contributed by atoms with van der Waals surface area (Å²) in [4.78, 5) is 12.1. The fourth-order valence-electron chi connectivity index (χ4n) is 2.72. The van der Waals surface area contributed by atoms with Crippen LogP contribution in [0, 0.1) is 0 Å². The summed E-state index contributed by atoms with van der Waals surface area (Å²) in [5, 5.41) is 4.96. The van der Waals surface area contributed by atoms with Gasteiger partial charge in [-0.15, -0.1) is 0 Å². The van der Waals surface area contributed by atoms with Crippen LogP contribution in [0.4, 0.5) is 0 Å². The maximum absolute atomic E-state index is 12.1. The molecular formula is C17H15Cl2NO. The van der Waals surface area contributed by atoms with Gasteiger partial charge < -0.3 is 5.32 Å². The van der Waals surface area contributed by atoms with Crippen LogP contribution < -0.4 is 5.32 Å². The summed E-state index contributed by atoms with van der Waals surface area (Å²) in [6, 6.07) is 15.4. The lowest BCUT2D eigenvalue weighted by molar-refractivity contribution is -0.121. The molecule has 2 atom stereocenters. The second-order valence-electron chi connectivity index (χ2n) is 5.32. The zero-order chi connectivity index (χ0) is 14.8. The Kier molecular flexibility index (Phi) is 4.29. The molecule has 0 unspecified atom stereocenters. The van der Waals surface area contributed by atoms with Crippen molar-refractivity contribution in [3.63, 3.8) is 0 Å². The van der Waals surface area contributed by atoms with Gasteiger partial charge in [0.25, 0.3) is 0 Å². The van der Waals surface area contributed by atoms with Crippen molar-refractivity contribution < 1.29 is 4.79 Å². The number of carbonyl (C=O) groups excluding carboxylic acids is 1. The van der Waals surface area contributed by atoms with Gasteiger partial charge in [0.05, 0.1) is 0 Å². The standard InChI is InChI=1S/C17H15Cl2NO/c18-13-5-1-11(2-6-13)16-9-15(21)10-17(20-16)12-3-7-14(19)8-4-12/h1-8,16-17,20H,9-10H2/t16-,17-/m0/s1. The van der Waals surface area contributed by atoms with Gasteiger partial charge in [-0.25, -0.2) is 0 Å². The van der Waals surface area contributed by atoms with Crippen molar-refractivity contribution in [2.45, 2.75) is 24.9 Å². The van der Waals surface area contributed by atoms with Crippen molar-refractivity contribution in [2.24, 2.45) is 0 Å². The number of ketones is 1. The predicted octanol–water partition coefficient (Wildman–Crippen LogP) is 4.73. The monoisotopic (exact) mass is 319 g/mol. The second kappa shape index (κ2) is 6.18. The van der Waals surface area contributed by atoms with Crippen molar-refractivity contribution in [1.82, 2.24) is 5.32 Å². The van der Waals surface area contributed by atoms with E-state index in [0.29, 0.717) is 22.9 Å². The minimum atomic E-state index is 0.0317. The first kappa shape index (κ1) is 14.6. The summed E-state index contributed by atoms with van der Waals surface area (Å²) in [7, 11) is 0. The summed E-state index contributed by atoms with van der Waals surface area (Å²) < 4.78 is 0. The molecule has 4 heteroatoms. The summed E-state index contributed by atoms with van der Waals surface area (Å²) in [5.74, 6) is 0.272. The van der Waals surface area contributed by atoms with Crippen LogP contribution in [-0.2, 0) is 4.79 Å². The molecular weight excluding hydrogens is 305 g/mol. The average Bonchev–Trinajstić information content (AvgIpc) is 2.48. The molecule has 0 aliphatic carbocycles. The third-order valence-corrected chi connectivity index (χ3v) is 4.31. The van der Waals surface area contributed by atoms with Crippen LogP contribution in [0.5, 0.6) is 0 Å². The van der Waals surface area contributed by atoms with Gasteiger partial charge in [-0.05, 0) is 35.4 Å². The molecule has 0 saturated carbocycles. The van der Waals surface area contributed by atoms with Crippen LogP contribution in [0.2, 0.25) is 10.0 Å². The lowest BCUT2D eigenvalue weighted by Gasteiger charge is -2.31. The molecule has 0 aromatic heterocycles. The molecule has 1 heterocycles. The van der Waals surface area contributed by atoms with E-state index < -0.39 is 0 Å². The molecule has 1 aliphatic rings. The number of halogens is 2. The number of hydrogen-bond acceptors (Lipinski definition) is 2. The summed E-state index contributed by atoms with van der Waals surface area (Å²) >= 11 is 11.8. The van der Waals surface area contributed by atoms with E-state index in [1.54, 1.807) is 0 Å². The van der Waals surface area contributed by atoms with E-state index >= 15 is 0 Å². The van der Waals surface area contributed by atoms with Crippen molar-refractivity contribution in [1.29, 1.82) is 0 Å². The van der Waals surface area contributed by atoms with E-state index in [0.717, 1.165) is 11.1 Å². The lowest BCUT2D eigenvalue weighted by Crippen LogP contribution is -2.35. The number of rotatable bonds is 2. The van der Waals surface area contributed by atoms with Crippen molar-refractivity contribution in [3.8, 4) is 0 Å². The van der Waals surface area contributed by atoms with Gasteiger partial charge in [0.2, 0.25) is 0 Å². The second-order valence-corrected chi connectivity index (χ2v) is 6.19. The van der Waals surface area contributed by atoms with Crippen molar-refractivity contribution in [2.75, 3.05) is 0 Å². The highest BCUT2D eigenvalue weighted by Crippen LogP contribution is 2.31. The Balaban J connectivity index is 1.82. The highest BCUT2D eigenvalue weighted by atomic mass is 35.5. The van der Waals surface area contributed by atoms with E-state index in [1.807, 2.05) is 48.5 Å². The van der Waals surface area contributed by atoms with Gasteiger partial charge in [-0.2, -0.15) is 0 Å². The lowest BCUT2D eigenvalue weighted by atomic mass is 9.89. The van der Waals surface area contributed by atoms with Gasteiger partial charge in [0, 0.05) is 35.0 Å². The van der Waals surface area contributed by atoms with Crippen LogP contribution in [0.1, 0.15) is 36.1 Å². The first-order valence-electron chi connectivity index (χ1n) is 6.90. The molecule has 1 aliphatic heterocycles. The predicted molar refractivity (Wildman–Crippen MR) is 85.8 cm³/mol. The molecule has 2 nitrogen and oxygen atoms in total. The van der Waals surface area contributed by atoms with Crippen LogP contribution in [0.25, 0.3) is 0 Å². The Morgan fingerprint density at radius 1 is 0.762 bits per heavy atom. The minimum Gasteiger partial charge on any atom is -0.302 e. The van der Waals surface area contributed by atoms with Crippen molar-refractivity contribution in [3.05, 3.63) is 69.7 Å². The molecule has 108 valence electrons. The first-order chi connectivity index (χ1) is 10.1. The number of nitrogens with one attached hydrogen (secondary N) is 1. The largest absolute Gasteiger partial charge is 0.302 e.